The Hall–Kier alpha value is -1.67. The van der Waals surface area contributed by atoms with Crippen molar-refractivity contribution in [3.8, 4) is 0 Å². The van der Waals surface area contributed by atoms with Gasteiger partial charge in [-0.15, -0.1) is 0 Å². The van der Waals surface area contributed by atoms with E-state index in [0.29, 0.717) is 11.6 Å². The molecule has 6 nitrogen and oxygen atoms in total. The molecule has 1 unspecified atom stereocenters. The molecule has 1 atom stereocenters. The van der Waals surface area contributed by atoms with E-state index in [2.05, 4.69) is 5.32 Å². The Kier molecular flexibility index (Phi) is 9.73. The molecule has 27 heavy (non-hydrogen) atoms. The second-order valence-electron chi connectivity index (χ2n) is 7.03. The number of carbonyl (C=O) groups is 1. The van der Waals surface area contributed by atoms with Crippen LogP contribution in [-0.2, 0) is 15.5 Å². The fourth-order valence-electron chi connectivity index (χ4n) is 3.15. The summed E-state index contributed by atoms with van der Waals surface area (Å²) in [5.74, 6) is 0.179. The van der Waals surface area contributed by atoms with E-state index in [0.717, 1.165) is 45.3 Å². The molecule has 3 N–H and O–H groups in total. The Morgan fingerprint density at radius 2 is 2.07 bits per heavy atom. The van der Waals surface area contributed by atoms with Crippen LogP contribution in [0.25, 0.3) is 0 Å². The summed E-state index contributed by atoms with van der Waals surface area (Å²) in [5, 5.41) is 3.22. The summed E-state index contributed by atoms with van der Waals surface area (Å²) in [6, 6.07) is 4.73. The van der Waals surface area contributed by atoms with Crippen LogP contribution in [0.15, 0.2) is 23.1 Å². The molecule has 0 aliphatic carbocycles. The zero-order valence-corrected chi connectivity index (χ0v) is 17.1. The van der Waals surface area contributed by atoms with Gasteiger partial charge in [0.1, 0.15) is 5.82 Å². The maximum Gasteiger partial charge on any atom is 0.410 e. The number of nitrogens with zero attached hydrogens (tertiary/aromatic N) is 1. The lowest BCUT2D eigenvalue weighted by molar-refractivity contribution is 0.0647. The lowest BCUT2D eigenvalue weighted by Crippen LogP contribution is -2.39. The standard InChI is InChI=1S/C19H29FN2O3S.H2O.H2/c1-14(2)25-19(23)22-11-8-15(9-12-22)5-4-10-21-16-6-7-18(26(3)24)17(20)13-16;;/h6-7,13-15,21H,4-5,8-12H2,1-3H3;1H2;1H. The summed E-state index contributed by atoms with van der Waals surface area (Å²) in [6.45, 7) is 6.00. The number of ether oxygens (including phenoxy) is 1. The molecule has 156 valence electrons. The normalized spacial score (nSPS) is 16.0. The molecular formula is C19H33FN2O4S. The Morgan fingerprint density at radius 1 is 1.41 bits per heavy atom. The highest BCUT2D eigenvalue weighted by molar-refractivity contribution is 7.84. The highest BCUT2D eigenvalue weighted by Gasteiger charge is 2.23. The van der Waals surface area contributed by atoms with Crippen molar-refractivity contribution in [2.24, 2.45) is 5.92 Å². The molecule has 1 saturated heterocycles. The van der Waals surface area contributed by atoms with Crippen LogP contribution in [-0.4, -0.2) is 52.7 Å². The number of amides is 1. The van der Waals surface area contributed by atoms with Gasteiger partial charge < -0.3 is 20.4 Å². The third-order valence-electron chi connectivity index (χ3n) is 4.57. The van der Waals surface area contributed by atoms with Crippen LogP contribution < -0.4 is 5.32 Å². The molecule has 8 heteroatoms. The monoisotopic (exact) mass is 404 g/mol. The summed E-state index contributed by atoms with van der Waals surface area (Å²) < 4.78 is 30.4. The van der Waals surface area contributed by atoms with Gasteiger partial charge in [0.05, 0.1) is 21.8 Å². The van der Waals surface area contributed by atoms with Gasteiger partial charge in [-0.2, -0.15) is 0 Å². The highest BCUT2D eigenvalue weighted by Crippen LogP contribution is 2.23. The average Bonchev–Trinajstić information content (AvgIpc) is 2.58. The summed E-state index contributed by atoms with van der Waals surface area (Å²) >= 11 is 0. The fraction of sp³-hybridized carbons (Fsp3) is 0.632. The molecule has 1 aliphatic rings. The molecule has 1 amide bonds. The van der Waals surface area contributed by atoms with Gasteiger partial charge in [-0.3, -0.25) is 4.21 Å². The molecule has 1 fully saturated rings. The third-order valence-corrected chi connectivity index (χ3v) is 5.52. The maximum atomic E-state index is 13.8. The Balaban J connectivity index is 0.00000364. The van der Waals surface area contributed by atoms with Crippen LogP contribution in [0.2, 0.25) is 0 Å². The SMILES string of the molecule is CC(C)OC(=O)N1CCC(CCCNc2ccc(S(C)=O)c(F)c2)CC1.O.[HH]. The molecule has 1 aliphatic heterocycles. The molecular weight excluding hydrogens is 371 g/mol. The number of likely N-dealkylation sites (tertiary alicyclic amines) is 1. The van der Waals surface area contributed by atoms with Crippen molar-refractivity contribution in [1.82, 2.24) is 4.90 Å². The van der Waals surface area contributed by atoms with Crippen LogP contribution in [0.4, 0.5) is 14.9 Å². The summed E-state index contributed by atoms with van der Waals surface area (Å²) in [4.78, 5) is 13.9. The first-order valence-corrected chi connectivity index (χ1v) is 10.7. The Bertz CT molecular complexity index is 640. The van der Waals surface area contributed by atoms with Gasteiger partial charge in [-0.1, -0.05) is 0 Å². The summed E-state index contributed by atoms with van der Waals surface area (Å²) in [5.41, 5.74) is 0.711. The van der Waals surface area contributed by atoms with Gasteiger partial charge in [0, 0.05) is 33.0 Å². The molecule has 0 saturated carbocycles. The quantitative estimate of drug-likeness (QED) is 0.705. The first-order valence-electron chi connectivity index (χ1n) is 9.19. The topological polar surface area (TPSA) is 90.1 Å². The predicted molar refractivity (Wildman–Crippen MR) is 108 cm³/mol. The first kappa shape index (κ1) is 23.4. The van der Waals surface area contributed by atoms with Gasteiger partial charge >= 0.3 is 6.09 Å². The number of rotatable bonds is 7. The highest BCUT2D eigenvalue weighted by atomic mass is 32.2. The number of benzene rings is 1. The number of carbonyl (C=O) groups excluding carboxylic acids is 1. The average molecular weight is 405 g/mol. The fourth-order valence-corrected chi connectivity index (χ4v) is 3.74. The van der Waals surface area contributed by atoms with E-state index in [1.807, 2.05) is 13.8 Å². The Morgan fingerprint density at radius 3 is 2.63 bits per heavy atom. The van der Waals surface area contributed by atoms with Crippen molar-refractivity contribution in [3.63, 3.8) is 0 Å². The van der Waals surface area contributed by atoms with Crippen LogP contribution in [0.1, 0.15) is 41.0 Å². The molecule has 0 aromatic heterocycles. The number of hydrogen-bond acceptors (Lipinski definition) is 4. The lowest BCUT2D eigenvalue weighted by atomic mass is 9.92. The molecule has 1 aromatic carbocycles. The van der Waals surface area contributed by atoms with Gasteiger partial charge in [-0.25, -0.2) is 9.18 Å². The van der Waals surface area contributed by atoms with Gasteiger partial charge in [0.15, 0.2) is 0 Å². The smallest absolute Gasteiger partial charge is 0.410 e. The number of anilines is 1. The van der Waals surface area contributed by atoms with Crippen LogP contribution in [0.3, 0.4) is 0 Å². The number of nitrogens with one attached hydrogen (secondary N) is 1. The van der Waals surface area contributed by atoms with E-state index in [9.17, 15) is 13.4 Å². The largest absolute Gasteiger partial charge is 0.447 e. The summed E-state index contributed by atoms with van der Waals surface area (Å²) in [7, 11) is -1.31. The van der Waals surface area contributed by atoms with Crippen molar-refractivity contribution in [2.45, 2.75) is 50.5 Å². The minimum Gasteiger partial charge on any atom is -0.447 e. The third kappa shape index (κ3) is 7.46. The van der Waals surface area contributed by atoms with Crippen molar-refractivity contribution < 1.29 is 25.0 Å². The molecule has 0 radical (unpaired) electrons. The second-order valence-corrected chi connectivity index (χ2v) is 8.38. The van der Waals surface area contributed by atoms with E-state index in [4.69, 9.17) is 4.74 Å². The minimum atomic E-state index is -1.31. The molecule has 1 aromatic rings. The van der Waals surface area contributed by atoms with Crippen molar-refractivity contribution >= 4 is 22.6 Å². The van der Waals surface area contributed by atoms with E-state index in [1.54, 1.807) is 17.0 Å². The first-order chi connectivity index (χ1) is 12.4. The van der Waals surface area contributed by atoms with Crippen molar-refractivity contribution in [3.05, 3.63) is 24.0 Å². The molecule has 0 bridgehead atoms. The maximum absolute atomic E-state index is 13.8. The Labute approximate surface area is 164 Å². The van der Waals surface area contributed by atoms with E-state index in [1.165, 1.54) is 12.3 Å². The van der Waals surface area contributed by atoms with Crippen LogP contribution >= 0.6 is 0 Å². The number of halogens is 1. The second kappa shape index (κ2) is 11.2. The van der Waals surface area contributed by atoms with Gasteiger partial charge in [-0.05, 0) is 63.6 Å². The molecule has 2 rings (SSSR count). The van der Waals surface area contributed by atoms with E-state index < -0.39 is 16.6 Å². The zero-order chi connectivity index (χ0) is 19.1. The molecule has 1 heterocycles. The van der Waals surface area contributed by atoms with Crippen molar-refractivity contribution in [2.75, 3.05) is 31.2 Å². The van der Waals surface area contributed by atoms with Gasteiger partial charge in [0.25, 0.3) is 0 Å². The van der Waals surface area contributed by atoms with E-state index in [-0.39, 0.29) is 24.0 Å². The zero-order valence-electron chi connectivity index (χ0n) is 16.3. The van der Waals surface area contributed by atoms with E-state index >= 15 is 0 Å². The number of piperidine rings is 1. The minimum absolute atomic E-state index is 0. The van der Waals surface area contributed by atoms with Crippen molar-refractivity contribution in [1.29, 1.82) is 0 Å². The predicted octanol–water partition coefficient (Wildman–Crippen LogP) is 3.43. The molecule has 0 spiro atoms. The lowest BCUT2D eigenvalue weighted by Gasteiger charge is -2.31. The number of hydrogen-bond donors (Lipinski definition) is 1. The van der Waals surface area contributed by atoms with Crippen LogP contribution in [0.5, 0.6) is 0 Å². The van der Waals surface area contributed by atoms with Crippen LogP contribution in [0, 0.1) is 11.7 Å². The summed E-state index contributed by atoms with van der Waals surface area (Å²) in [6.07, 6.45) is 5.25. The van der Waals surface area contributed by atoms with Gasteiger partial charge in [0.2, 0.25) is 0 Å².